The lowest BCUT2D eigenvalue weighted by Gasteiger charge is -2.50. The van der Waals surface area contributed by atoms with Crippen molar-refractivity contribution in [2.75, 3.05) is 20.6 Å². The number of benzene rings is 2. The molecular formula is C31H31F4N3O7. The van der Waals surface area contributed by atoms with Crippen molar-refractivity contribution in [2.24, 2.45) is 17.6 Å². The number of primary amides is 1. The minimum atomic E-state index is -4.43. The number of hydrogen-bond acceptors (Lipinski definition) is 9. The number of amides is 1. The van der Waals surface area contributed by atoms with Gasteiger partial charge >= 0.3 is 6.18 Å². The molecule has 0 bridgehead atoms. The molecule has 0 radical (unpaired) electrons. The lowest BCUT2D eigenvalue weighted by atomic mass is 9.58. The van der Waals surface area contributed by atoms with Crippen LogP contribution in [-0.2, 0) is 22.6 Å². The number of hydrogen-bond donors (Lipinski definition) is 6. The zero-order chi connectivity index (χ0) is 33.2. The molecule has 0 spiro atoms. The first kappa shape index (κ1) is 32.1. The SMILES string of the molecule is CN(C)[C@@H]1C(O)=C(C(N)=O)C(=O)[C@@]2(O)C(O)=C3C(=O)c4c(O)c(CNCCC(F)(F)F)cc(-c5ccc(F)cc5)c4C[C@H]3C[C@@H]12. The summed E-state index contributed by atoms with van der Waals surface area (Å²) in [5.74, 6) is -8.59. The topological polar surface area (TPSA) is 173 Å². The van der Waals surface area contributed by atoms with Gasteiger partial charge in [0, 0.05) is 30.1 Å². The maximum absolute atomic E-state index is 14.2. The molecule has 1 amide bonds. The van der Waals surface area contributed by atoms with Crippen LogP contribution in [0.1, 0.15) is 34.3 Å². The van der Waals surface area contributed by atoms with E-state index >= 15 is 0 Å². The molecule has 0 aliphatic heterocycles. The number of aliphatic hydroxyl groups is 3. The Balaban J connectivity index is 1.68. The lowest BCUT2D eigenvalue weighted by molar-refractivity contribution is -0.148. The van der Waals surface area contributed by atoms with Crippen molar-refractivity contribution in [1.29, 1.82) is 0 Å². The third-order valence-electron chi connectivity index (χ3n) is 8.86. The molecule has 10 nitrogen and oxygen atoms in total. The van der Waals surface area contributed by atoms with Crippen LogP contribution in [0.25, 0.3) is 11.1 Å². The Kier molecular flexibility index (Phi) is 8.05. The second-order valence-corrected chi connectivity index (χ2v) is 11.8. The van der Waals surface area contributed by atoms with Gasteiger partial charge in [-0.15, -0.1) is 0 Å². The van der Waals surface area contributed by atoms with Crippen molar-refractivity contribution in [3.05, 3.63) is 75.5 Å². The maximum atomic E-state index is 14.2. The standard InChI is InChI=1S/C31H31F4N3O7/c1-38(2)23-19-11-14-9-18-17(13-3-5-16(32)6-4-13)10-15(12-37-8-7-30(33,34)35)24(39)21(18)25(40)20(14)27(42)31(19,45)28(43)22(26(23)41)29(36)44/h3-6,10,14,19,23,37,39,41-42,45H,7-9,11-12H2,1-2H3,(H2,36,44)/t14-,19-,23-,31-/m0/s1. The number of aromatic hydroxyl groups is 1. The number of phenols is 1. The van der Waals surface area contributed by atoms with Gasteiger partial charge < -0.3 is 31.5 Å². The number of nitrogens with one attached hydrogen (secondary N) is 1. The zero-order valence-electron chi connectivity index (χ0n) is 24.2. The van der Waals surface area contributed by atoms with Crippen molar-refractivity contribution in [1.82, 2.24) is 10.2 Å². The Labute approximate surface area is 254 Å². The average molecular weight is 634 g/mol. The maximum Gasteiger partial charge on any atom is 0.390 e. The largest absolute Gasteiger partial charge is 0.510 e. The number of fused-ring (bicyclic) bond motifs is 3. The number of carbonyl (C=O) groups is 3. The van der Waals surface area contributed by atoms with Gasteiger partial charge in [-0.05, 0) is 67.7 Å². The van der Waals surface area contributed by atoms with Crippen LogP contribution in [0.15, 0.2) is 53.0 Å². The lowest BCUT2D eigenvalue weighted by Crippen LogP contribution is -2.63. The van der Waals surface area contributed by atoms with Crippen molar-refractivity contribution >= 4 is 17.5 Å². The fraction of sp³-hybridized carbons (Fsp3) is 0.387. The van der Waals surface area contributed by atoms with Gasteiger partial charge in [-0.25, -0.2) is 4.39 Å². The molecule has 0 heterocycles. The first-order valence-electron chi connectivity index (χ1n) is 14.0. The van der Waals surface area contributed by atoms with E-state index in [0.29, 0.717) is 16.7 Å². The third-order valence-corrected chi connectivity index (χ3v) is 8.86. The number of phenolic OH excluding ortho intramolecular Hbond substituents is 1. The first-order valence-corrected chi connectivity index (χ1v) is 14.0. The molecule has 0 aromatic heterocycles. The summed E-state index contributed by atoms with van der Waals surface area (Å²) in [6, 6.07) is 5.56. The zero-order valence-corrected chi connectivity index (χ0v) is 24.2. The highest BCUT2D eigenvalue weighted by molar-refractivity contribution is 6.25. The van der Waals surface area contributed by atoms with Gasteiger partial charge in [-0.2, -0.15) is 13.2 Å². The van der Waals surface area contributed by atoms with E-state index in [1.807, 2.05) is 0 Å². The van der Waals surface area contributed by atoms with E-state index < -0.39 is 88.8 Å². The number of halogens is 4. The molecule has 45 heavy (non-hydrogen) atoms. The fourth-order valence-electron chi connectivity index (χ4n) is 6.85. The van der Waals surface area contributed by atoms with Gasteiger partial charge in [0.05, 0.1) is 18.0 Å². The minimum Gasteiger partial charge on any atom is -0.510 e. The Morgan fingerprint density at radius 1 is 1.13 bits per heavy atom. The van der Waals surface area contributed by atoms with Gasteiger partial charge in [0.2, 0.25) is 5.78 Å². The molecule has 3 aliphatic carbocycles. The number of Topliss-reactive ketones (excluding diaryl/α,β-unsaturated/α-hetero) is 2. The summed E-state index contributed by atoms with van der Waals surface area (Å²) in [4.78, 5) is 41.3. The number of alkyl halides is 3. The van der Waals surface area contributed by atoms with E-state index in [1.54, 1.807) is 0 Å². The molecule has 0 fully saturated rings. The number of aliphatic hydroxyl groups excluding tert-OH is 2. The van der Waals surface area contributed by atoms with Crippen LogP contribution >= 0.6 is 0 Å². The molecule has 7 N–H and O–H groups in total. The Hall–Kier alpha value is -4.27. The number of nitrogens with two attached hydrogens (primary N) is 1. The van der Waals surface area contributed by atoms with Gasteiger partial charge in [-0.1, -0.05) is 12.1 Å². The molecule has 240 valence electrons. The highest BCUT2D eigenvalue weighted by Gasteiger charge is 2.63. The van der Waals surface area contributed by atoms with E-state index in [1.165, 1.54) is 49.3 Å². The fourth-order valence-corrected chi connectivity index (χ4v) is 6.85. The summed E-state index contributed by atoms with van der Waals surface area (Å²) >= 11 is 0. The molecule has 0 unspecified atom stereocenters. The van der Waals surface area contributed by atoms with Crippen LogP contribution in [0.4, 0.5) is 17.6 Å². The molecule has 3 aliphatic rings. The summed E-state index contributed by atoms with van der Waals surface area (Å²) in [7, 11) is 3.03. The Morgan fingerprint density at radius 2 is 1.78 bits per heavy atom. The summed E-state index contributed by atoms with van der Waals surface area (Å²) < 4.78 is 51.9. The van der Waals surface area contributed by atoms with Crippen LogP contribution in [-0.4, -0.2) is 81.3 Å². The van der Waals surface area contributed by atoms with Gasteiger partial charge in [0.25, 0.3) is 5.91 Å². The Morgan fingerprint density at radius 3 is 2.36 bits per heavy atom. The van der Waals surface area contributed by atoms with Gasteiger partial charge in [0.1, 0.15) is 28.7 Å². The minimum absolute atomic E-state index is 0.0173. The van der Waals surface area contributed by atoms with E-state index in [4.69, 9.17) is 5.73 Å². The van der Waals surface area contributed by atoms with Crippen molar-refractivity contribution in [3.8, 4) is 16.9 Å². The first-order chi connectivity index (χ1) is 21.0. The number of allylic oxidation sites excluding steroid dienone is 1. The second-order valence-electron chi connectivity index (χ2n) is 11.8. The summed E-state index contributed by atoms with van der Waals surface area (Å²) in [6.07, 6.45) is -5.72. The number of rotatable bonds is 7. The van der Waals surface area contributed by atoms with Crippen LogP contribution in [0.2, 0.25) is 0 Å². The monoisotopic (exact) mass is 633 g/mol. The molecular weight excluding hydrogens is 602 g/mol. The van der Waals surface area contributed by atoms with E-state index in [2.05, 4.69) is 5.32 Å². The van der Waals surface area contributed by atoms with Gasteiger partial charge in [0.15, 0.2) is 11.4 Å². The van der Waals surface area contributed by atoms with Crippen molar-refractivity contribution < 1.29 is 52.4 Å². The molecule has 4 atom stereocenters. The molecule has 0 saturated carbocycles. The van der Waals surface area contributed by atoms with E-state index in [0.717, 1.165) is 0 Å². The van der Waals surface area contributed by atoms with Crippen LogP contribution < -0.4 is 11.1 Å². The molecule has 2 aromatic carbocycles. The van der Waals surface area contributed by atoms with Gasteiger partial charge in [-0.3, -0.25) is 19.3 Å². The molecule has 2 aromatic rings. The third kappa shape index (κ3) is 5.26. The number of nitrogens with zero attached hydrogens (tertiary/aromatic N) is 1. The van der Waals surface area contributed by atoms with E-state index in [9.17, 15) is 52.4 Å². The molecule has 5 rings (SSSR count). The summed E-state index contributed by atoms with van der Waals surface area (Å²) in [5.41, 5.74) is 2.08. The van der Waals surface area contributed by atoms with Crippen molar-refractivity contribution in [3.63, 3.8) is 0 Å². The van der Waals surface area contributed by atoms with Crippen LogP contribution in [0.5, 0.6) is 5.75 Å². The second kappa shape index (κ2) is 11.3. The quantitative estimate of drug-likeness (QED) is 0.152. The summed E-state index contributed by atoms with van der Waals surface area (Å²) in [6.45, 7) is -0.772. The highest BCUT2D eigenvalue weighted by atomic mass is 19.4. The highest BCUT2D eigenvalue weighted by Crippen LogP contribution is 2.53. The van der Waals surface area contributed by atoms with Crippen LogP contribution in [0.3, 0.4) is 0 Å². The predicted molar refractivity (Wildman–Crippen MR) is 151 cm³/mol. The number of likely N-dealkylation sites (N-methyl/N-ethyl adjacent to an activating group) is 1. The van der Waals surface area contributed by atoms with E-state index in [-0.39, 0.29) is 36.1 Å². The average Bonchev–Trinajstić information content (AvgIpc) is 2.93. The predicted octanol–water partition coefficient (Wildman–Crippen LogP) is 2.97. The summed E-state index contributed by atoms with van der Waals surface area (Å²) in [5, 5.41) is 48.1. The van der Waals surface area contributed by atoms with Crippen LogP contribution in [0, 0.1) is 17.7 Å². The number of ketones is 2. The number of carbonyl (C=O) groups excluding carboxylic acids is 3. The molecule has 14 heteroatoms. The normalized spacial score (nSPS) is 24.9. The van der Waals surface area contributed by atoms with Crippen molar-refractivity contribution in [2.45, 2.75) is 43.6 Å². The molecule has 0 saturated heterocycles. The smallest absolute Gasteiger partial charge is 0.390 e. The Bertz CT molecular complexity index is 1670.